The van der Waals surface area contributed by atoms with E-state index in [0.717, 1.165) is 16.9 Å². The van der Waals surface area contributed by atoms with Crippen LogP contribution < -0.4 is 15.0 Å². The molecule has 7 heteroatoms. The molecule has 25 heavy (non-hydrogen) atoms. The molecule has 2 N–H and O–H groups in total. The van der Waals surface area contributed by atoms with Crippen molar-refractivity contribution in [2.75, 3.05) is 18.1 Å². The molecule has 1 aliphatic rings. The van der Waals surface area contributed by atoms with E-state index in [4.69, 9.17) is 4.74 Å². The summed E-state index contributed by atoms with van der Waals surface area (Å²) in [4.78, 5) is 26.2. The molecule has 0 spiro atoms. The standard InChI is InChI=1S/C18H22N4O3/c1-3-25-16-6-12(2)4-5-13(16)8-19-18(24)14-7-17(23)22(11-14)15-9-20-21-10-15/h4-6,9-10,14H,3,7-8,11H2,1-2H3,(H,19,24)(H,20,21). The number of carbonyl (C=O) groups excluding carboxylic acids is 2. The molecule has 0 bridgehead atoms. The van der Waals surface area contributed by atoms with Gasteiger partial charge in [0, 0.05) is 31.3 Å². The lowest BCUT2D eigenvalue weighted by Gasteiger charge is -2.15. The first kappa shape index (κ1) is 17.0. The summed E-state index contributed by atoms with van der Waals surface area (Å²) in [7, 11) is 0. The van der Waals surface area contributed by atoms with E-state index in [1.807, 2.05) is 32.0 Å². The molecular weight excluding hydrogens is 320 g/mol. The highest BCUT2D eigenvalue weighted by Gasteiger charge is 2.35. The molecule has 1 atom stereocenters. The van der Waals surface area contributed by atoms with Crippen molar-refractivity contribution in [3.63, 3.8) is 0 Å². The van der Waals surface area contributed by atoms with Crippen LogP contribution in [-0.4, -0.2) is 35.2 Å². The largest absolute Gasteiger partial charge is 0.494 e. The molecule has 2 heterocycles. The van der Waals surface area contributed by atoms with Crippen LogP contribution in [-0.2, 0) is 16.1 Å². The van der Waals surface area contributed by atoms with Crippen LogP contribution in [0.1, 0.15) is 24.5 Å². The lowest BCUT2D eigenvalue weighted by atomic mass is 10.1. The highest BCUT2D eigenvalue weighted by Crippen LogP contribution is 2.25. The Balaban J connectivity index is 1.61. The number of hydrogen-bond donors (Lipinski definition) is 2. The summed E-state index contributed by atoms with van der Waals surface area (Å²) in [6.45, 7) is 5.25. The van der Waals surface area contributed by atoms with Crippen molar-refractivity contribution in [2.24, 2.45) is 5.92 Å². The molecule has 7 nitrogen and oxygen atoms in total. The molecule has 1 saturated heterocycles. The van der Waals surface area contributed by atoms with Crippen LogP contribution in [0.15, 0.2) is 30.6 Å². The molecule has 0 radical (unpaired) electrons. The van der Waals surface area contributed by atoms with E-state index in [1.165, 1.54) is 0 Å². The Morgan fingerprint density at radius 2 is 2.32 bits per heavy atom. The van der Waals surface area contributed by atoms with E-state index >= 15 is 0 Å². The minimum absolute atomic E-state index is 0.0631. The molecule has 0 saturated carbocycles. The fourth-order valence-electron chi connectivity index (χ4n) is 2.95. The van der Waals surface area contributed by atoms with Gasteiger partial charge in [-0.1, -0.05) is 12.1 Å². The number of benzene rings is 1. The maximum Gasteiger partial charge on any atom is 0.227 e. The van der Waals surface area contributed by atoms with Crippen molar-refractivity contribution >= 4 is 17.5 Å². The predicted molar refractivity (Wildman–Crippen MR) is 93.2 cm³/mol. The number of anilines is 1. The first-order valence-corrected chi connectivity index (χ1v) is 8.37. The van der Waals surface area contributed by atoms with Crippen LogP contribution in [0, 0.1) is 12.8 Å². The second-order valence-corrected chi connectivity index (χ2v) is 6.12. The lowest BCUT2D eigenvalue weighted by Crippen LogP contribution is -2.32. The lowest BCUT2D eigenvalue weighted by molar-refractivity contribution is -0.126. The van der Waals surface area contributed by atoms with Crippen LogP contribution >= 0.6 is 0 Å². The van der Waals surface area contributed by atoms with Gasteiger partial charge in [0.05, 0.1) is 24.4 Å². The second kappa shape index (κ2) is 7.38. The van der Waals surface area contributed by atoms with Gasteiger partial charge in [-0.15, -0.1) is 0 Å². The number of aromatic amines is 1. The van der Waals surface area contributed by atoms with Crippen molar-refractivity contribution in [1.82, 2.24) is 15.5 Å². The first-order chi connectivity index (χ1) is 12.1. The van der Waals surface area contributed by atoms with Crippen molar-refractivity contribution < 1.29 is 14.3 Å². The van der Waals surface area contributed by atoms with Crippen LogP contribution in [0.4, 0.5) is 5.69 Å². The fraction of sp³-hybridized carbons (Fsp3) is 0.389. The zero-order valence-corrected chi connectivity index (χ0v) is 14.4. The van der Waals surface area contributed by atoms with Crippen LogP contribution in [0.3, 0.4) is 0 Å². The Labute approximate surface area is 146 Å². The molecule has 2 aromatic rings. The maximum atomic E-state index is 12.5. The van der Waals surface area contributed by atoms with Gasteiger partial charge in [-0.25, -0.2) is 0 Å². The summed E-state index contributed by atoms with van der Waals surface area (Å²) >= 11 is 0. The van der Waals surface area contributed by atoms with Gasteiger partial charge in [0.15, 0.2) is 0 Å². The van der Waals surface area contributed by atoms with E-state index in [1.54, 1.807) is 17.3 Å². The zero-order chi connectivity index (χ0) is 17.8. The number of nitrogens with zero attached hydrogens (tertiary/aromatic N) is 2. The fourth-order valence-corrected chi connectivity index (χ4v) is 2.95. The number of aryl methyl sites for hydroxylation is 1. The van der Waals surface area contributed by atoms with Gasteiger partial charge in [0.2, 0.25) is 11.8 Å². The third kappa shape index (κ3) is 3.81. The number of hydrogen-bond acceptors (Lipinski definition) is 4. The van der Waals surface area contributed by atoms with Gasteiger partial charge in [-0.2, -0.15) is 5.10 Å². The number of nitrogens with one attached hydrogen (secondary N) is 2. The average molecular weight is 342 g/mol. The minimum Gasteiger partial charge on any atom is -0.494 e. The molecular formula is C18H22N4O3. The Hall–Kier alpha value is -2.83. The maximum absolute atomic E-state index is 12.5. The van der Waals surface area contributed by atoms with E-state index in [9.17, 15) is 9.59 Å². The third-order valence-corrected chi connectivity index (χ3v) is 4.27. The summed E-state index contributed by atoms with van der Waals surface area (Å²) in [6.07, 6.45) is 3.45. The summed E-state index contributed by atoms with van der Waals surface area (Å²) in [5.74, 6) is 0.239. The zero-order valence-electron chi connectivity index (χ0n) is 14.4. The van der Waals surface area contributed by atoms with Gasteiger partial charge in [-0.05, 0) is 25.5 Å². The minimum atomic E-state index is -0.358. The van der Waals surface area contributed by atoms with Crippen LogP contribution in [0.25, 0.3) is 0 Å². The van der Waals surface area contributed by atoms with Crippen LogP contribution in [0.5, 0.6) is 5.75 Å². The smallest absolute Gasteiger partial charge is 0.227 e. The van der Waals surface area contributed by atoms with Gasteiger partial charge in [-0.3, -0.25) is 14.7 Å². The number of amides is 2. The van der Waals surface area contributed by atoms with Crippen LogP contribution in [0.2, 0.25) is 0 Å². The van der Waals surface area contributed by atoms with Gasteiger partial charge in [0.1, 0.15) is 5.75 Å². The summed E-state index contributed by atoms with van der Waals surface area (Å²) in [5.41, 5.74) is 2.73. The van der Waals surface area contributed by atoms with Gasteiger partial charge < -0.3 is 15.0 Å². The SMILES string of the molecule is CCOc1cc(C)ccc1CNC(=O)C1CC(=O)N(c2cn[nH]c2)C1. The highest BCUT2D eigenvalue weighted by molar-refractivity contribution is 6.00. The molecule has 132 valence electrons. The van der Waals surface area contributed by atoms with Crippen molar-refractivity contribution in [1.29, 1.82) is 0 Å². The molecule has 1 aliphatic heterocycles. The Morgan fingerprint density at radius 1 is 1.48 bits per heavy atom. The van der Waals surface area contributed by atoms with E-state index < -0.39 is 0 Å². The molecule has 1 aromatic heterocycles. The normalized spacial score (nSPS) is 17.0. The predicted octanol–water partition coefficient (Wildman–Crippen LogP) is 1.79. The highest BCUT2D eigenvalue weighted by atomic mass is 16.5. The molecule has 2 amide bonds. The van der Waals surface area contributed by atoms with E-state index in [-0.39, 0.29) is 24.2 Å². The molecule has 0 aliphatic carbocycles. The van der Waals surface area contributed by atoms with Gasteiger partial charge in [0.25, 0.3) is 0 Å². The Bertz CT molecular complexity index is 758. The monoisotopic (exact) mass is 342 g/mol. The molecule has 1 unspecified atom stereocenters. The first-order valence-electron chi connectivity index (χ1n) is 8.37. The quantitative estimate of drug-likeness (QED) is 0.838. The Morgan fingerprint density at radius 3 is 3.04 bits per heavy atom. The average Bonchev–Trinajstić information content (AvgIpc) is 3.23. The van der Waals surface area contributed by atoms with Crippen molar-refractivity contribution in [3.05, 3.63) is 41.7 Å². The third-order valence-electron chi connectivity index (χ3n) is 4.27. The molecule has 3 rings (SSSR count). The number of ether oxygens (including phenoxy) is 1. The number of H-pyrrole nitrogens is 1. The summed E-state index contributed by atoms with van der Waals surface area (Å²) in [6, 6.07) is 5.91. The van der Waals surface area contributed by atoms with E-state index in [2.05, 4.69) is 15.5 Å². The number of aromatic nitrogens is 2. The second-order valence-electron chi connectivity index (χ2n) is 6.12. The van der Waals surface area contributed by atoms with Gasteiger partial charge >= 0.3 is 0 Å². The number of rotatable bonds is 6. The van der Waals surface area contributed by atoms with Crippen molar-refractivity contribution in [3.8, 4) is 5.75 Å². The molecule has 1 fully saturated rings. The number of carbonyl (C=O) groups is 2. The summed E-state index contributed by atoms with van der Waals surface area (Å²) in [5, 5.41) is 9.45. The van der Waals surface area contributed by atoms with E-state index in [0.29, 0.717) is 25.4 Å². The van der Waals surface area contributed by atoms with Crippen molar-refractivity contribution in [2.45, 2.75) is 26.8 Å². The Kier molecular flexibility index (Phi) is 5.02. The topological polar surface area (TPSA) is 87.3 Å². The molecule has 1 aromatic carbocycles. The summed E-state index contributed by atoms with van der Waals surface area (Å²) < 4.78 is 5.63.